The second-order valence-corrected chi connectivity index (χ2v) is 4.83. The average Bonchev–Trinajstić information content (AvgIpc) is 2.87. The molecule has 2 heterocycles. The maximum Gasteiger partial charge on any atom is 0.270 e. The first kappa shape index (κ1) is 13.0. The Morgan fingerprint density at radius 2 is 2.56 bits per heavy atom. The Hall–Kier alpha value is -1.41. The Morgan fingerprint density at radius 3 is 3.28 bits per heavy atom. The third-order valence-electron chi connectivity index (χ3n) is 2.44. The van der Waals surface area contributed by atoms with Gasteiger partial charge in [0.15, 0.2) is 5.16 Å². The molecule has 1 amide bonds. The fraction of sp³-hybridized carbons (Fsp3) is 0.600. The molecule has 0 bridgehead atoms. The first-order valence-electron chi connectivity index (χ1n) is 5.67. The second-order valence-electron chi connectivity index (χ2n) is 3.87. The van der Waals surface area contributed by atoms with Gasteiger partial charge in [0, 0.05) is 13.2 Å². The van der Waals surface area contributed by atoms with Gasteiger partial charge in [0.25, 0.3) is 5.56 Å². The Labute approximate surface area is 108 Å². The van der Waals surface area contributed by atoms with E-state index in [1.165, 1.54) is 0 Å². The quantitative estimate of drug-likeness (QED) is 0.704. The highest BCUT2D eigenvalue weighted by Gasteiger charge is 2.16. The predicted octanol–water partition coefficient (Wildman–Crippen LogP) is -0.448. The summed E-state index contributed by atoms with van der Waals surface area (Å²) in [6.07, 6.45) is 3.26. The van der Waals surface area contributed by atoms with Crippen LogP contribution in [0.4, 0.5) is 0 Å². The van der Waals surface area contributed by atoms with E-state index in [4.69, 9.17) is 4.74 Å². The normalized spacial score (nSPS) is 18.8. The molecule has 0 aromatic carbocycles. The molecular formula is C10H14N4O3S. The maximum absolute atomic E-state index is 11.5. The molecule has 1 saturated heterocycles. The van der Waals surface area contributed by atoms with Gasteiger partial charge >= 0.3 is 0 Å². The van der Waals surface area contributed by atoms with Gasteiger partial charge in [0.05, 0.1) is 11.9 Å². The number of aromatic nitrogens is 3. The summed E-state index contributed by atoms with van der Waals surface area (Å²) in [6.45, 7) is 1.31. The van der Waals surface area contributed by atoms with E-state index in [2.05, 4.69) is 20.5 Å². The van der Waals surface area contributed by atoms with E-state index >= 15 is 0 Å². The van der Waals surface area contributed by atoms with Crippen molar-refractivity contribution in [1.29, 1.82) is 0 Å². The van der Waals surface area contributed by atoms with E-state index in [9.17, 15) is 9.59 Å². The van der Waals surface area contributed by atoms with Crippen LogP contribution in [0.1, 0.15) is 12.8 Å². The first-order valence-corrected chi connectivity index (χ1v) is 6.66. The number of ether oxygens (including phenoxy) is 1. The highest BCUT2D eigenvalue weighted by atomic mass is 32.2. The third-order valence-corrected chi connectivity index (χ3v) is 3.31. The Balaban J connectivity index is 1.69. The molecule has 1 aromatic rings. The van der Waals surface area contributed by atoms with Gasteiger partial charge < -0.3 is 10.1 Å². The highest BCUT2D eigenvalue weighted by Crippen LogP contribution is 2.11. The number of nitrogens with zero attached hydrogens (tertiary/aromatic N) is 2. The summed E-state index contributed by atoms with van der Waals surface area (Å²) in [7, 11) is 0. The summed E-state index contributed by atoms with van der Waals surface area (Å²) in [5.74, 6) is 0.0865. The lowest BCUT2D eigenvalue weighted by Gasteiger charge is -2.10. The van der Waals surface area contributed by atoms with Crippen molar-refractivity contribution in [2.75, 3.05) is 18.9 Å². The number of thioether (sulfide) groups is 1. The molecule has 98 valence electrons. The molecule has 0 aliphatic carbocycles. The molecule has 1 atom stereocenters. The van der Waals surface area contributed by atoms with Crippen LogP contribution < -0.4 is 10.9 Å². The fourth-order valence-corrected chi connectivity index (χ4v) is 2.23. The zero-order valence-corrected chi connectivity index (χ0v) is 10.5. The molecule has 0 radical (unpaired) electrons. The van der Waals surface area contributed by atoms with Crippen LogP contribution in [0, 0.1) is 0 Å². The van der Waals surface area contributed by atoms with E-state index in [0.717, 1.165) is 37.4 Å². The Morgan fingerprint density at radius 1 is 1.67 bits per heavy atom. The van der Waals surface area contributed by atoms with Gasteiger partial charge in [-0.2, -0.15) is 5.10 Å². The summed E-state index contributed by atoms with van der Waals surface area (Å²) in [6, 6.07) is 0. The van der Waals surface area contributed by atoms with Gasteiger partial charge in [-0.05, 0) is 12.8 Å². The van der Waals surface area contributed by atoms with E-state index in [-0.39, 0.29) is 23.3 Å². The molecule has 1 aliphatic rings. The van der Waals surface area contributed by atoms with Crippen LogP contribution in [-0.4, -0.2) is 46.1 Å². The van der Waals surface area contributed by atoms with Crippen molar-refractivity contribution in [1.82, 2.24) is 20.5 Å². The Bertz CT molecular complexity index is 458. The SMILES string of the molecule is O=C(CSc1nncc(=O)[nH]1)NC[C@H]1CCCO1. The van der Waals surface area contributed by atoms with Crippen molar-refractivity contribution >= 4 is 17.7 Å². The molecule has 2 N–H and O–H groups in total. The van der Waals surface area contributed by atoms with Crippen molar-refractivity contribution in [2.45, 2.75) is 24.1 Å². The standard InChI is InChI=1S/C10H14N4O3S/c15-8-5-12-14-10(13-8)18-6-9(16)11-4-7-2-1-3-17-7/h5,7H,1-4,6H2,(H,11,16)(H,13,14,15)/t7-/m1/s1. The maximum atomic E-state index is 11.5. The third kappa shape index (κ3) is 4.11. The molecule has 1 fully saturated rings. The number of carbonyl (C=O) groups excluding carboxylic acids is 1. The average molecular weight is 270 g/mol. The summed E-state index contributed by atoms with van der Waals surface area (Å²) < 4.78 is 5.39. The smallest absolute Gasteiger partial charge is 0.270 e. The van der Waals surface area contributed by atoms with E-state index in [1.807, 2.05) is 0 Å². The molecular weight excluding hydrogens is 256 g/mol. The summed E-state index contributed by atoms with van der Waals surface area (Å²) in [4.78, 5) is 25.0. The minimum atomic E-state index is -0.327. The van der Waals surface area contributed by atoms with Crippen molar-refractivity contribution in [3.8, 4) is 0 Å². The van der Waals surface area contributed by atoms with Crippen molar-refractivity contribution in [3.63, 3.8) is 0 Å². The van der Waals surface area contributed by atoms with Crippen molar-refractivity contribution in [3.05, 3.63) is 16.6 Å². The van der Waals surface area contributed by atoms with Crippen LogP contribution in [0.2, 0.25) is 0 Å². The second kappa shape index (κ2) is 6.50. The van der Waals surface area contributed by atoms with Crippen LogP contribution in [0.15, 0.2) is 16.1 Å². The Kier molecular flexibility index (Phi) is 4.71. The van der Waals surface area contributed by atoms with Crippen LogP contribution in [0.3, 0.4) is 0 Å². The lowest BCUT2D eigenvalue weighted by Crippen LogP contribution is -2.33. The fourth-order valence-electron chi connectivity index (χ4n) is 1.58. The highest BCUT2D eigenvalue weighted by molar-refractivity contribution is 7.99. The molecule has 1 aliphatic heterocycles. The van der Waals surface area contributed by atoms with Gasteiger partial charge in [-0.3, -0.25) is 14.6 Å². The molecule has 2 rings (SSSR count). The molecule has 0 spiro atoms. The number of H-pyrrole nitrogens is 1. The van der Waals surface area contributed by atoms with Gasteiger partial charge in [-0.15, -0.1) is 5.10 Å². The number of aromatic amines is 1. The summed E-state index contributed by atoms with van der Waals surface area (Å²) in [5, 5.41) is 10.3. The minimum absolute atomic E-state index is 0.109. The van der Waals surface area contributed by atoms with Crippen molar-refractivity contribution in [2.24, 2.45) is 0 Å². The molecule has 18 heavy (non-hydrogen) atoms. The van der Waals surface area contributed by atoms with Gasteiger partial charge in [0.1, 0.15) is 6.20 Å². The topological polar surface area (TPSA) is 97.0 Å². The molecule has 0 unspecified atom stereocenters. The summed E-state index contributed by atoms with van der Waals surface area (Å²) >= 11 is 1.14. The molecule has 1 aromatic heterocycles. The summed E-state index contributed by atoms with van der Waals surface area (Å²) in [5.41, 5.74) is -0.327. The lowest BCUT2D eigenvalue weighted by atomic mass is 10.2. The lowest BCUT2D eigenvalue weighted by molar-refractivity contribution is -0.119. The molecule has 0 saturated carbocycles. The zero-order chi connectivity index (χ0) is 12.8. The van der Waals surface area contributed by atoms with Crippen LogP contribution >= 0.6 is 11.8 Å². The predicted molar refractivity (Wildman–Crippen MR) is 65.4 cm³/mol. The van der Waals surface area contributed by atoms with Crippen LogP contribution in [0.5, 0.6) is 0 Å². The number of hydrogen-bond acceptors (Lipinski definition) is 6. The van der Waals surface area contributed by atoms with Crippen molar-refractivity contribution < 1.29 is 9.53 Å². The number of hydrogen-bond donors (Lipinski definition) is 2. The molecule has 7 nitrogen and oxygen atoms in total. The number of amides is 1. The van der Waals surface area contributed by atoms with Gasteiger partial charge in [-0.1, -0.05) is 11.8 Å². The largest absolute Gasteiger partial charge is 0.376 e. The molecule has 8 heteroatoms. The zero-order valence-electron chi connectivity index (χ0n) is 9.72. The first-order chi connectivity index (χ1) is 8.74. The number of nitrogens with one attached hydrogen (secondary N) is 2. The van der Waals surface area contributed by atoms with Crippen LogP contribution in [0.25, 0.3) is 0 Å². The number of rotatable bonds is 5. The number of carbonyl (C=O) groups is 1. The van der Waals surface area contributed by atoms with E-state index in [0.29, 0.717) is 11.7 Å². The van der Waals surface area contributed by atoms with Gasteiger partial charge in [-0.25, -0.2) is 0 Å². The minimum Gasteiger partial charge on any atom is -0.376 e. The van der Waals surface area contributed by atoms with E-state index in [1.54, 1.807) is 0 Å². The van der Waals surface area contributed by atoms with E-state index < -0.39 is 0 Å². The van der Waals surface area contributed by atoms with Crippen LogP contribution in [-0.2, 0) is 9.53 Å². The monoisotopic (exact) mass is 270 g/mol. The van der Waals surface area contributed by atoms with Gasteiger partial charge in [0.2, 0.25) is 5.91 Å².